The molecule has 1 aliphatic rings. The van der Waals surface area contributed by atoms with E-state index in [2.05, 4.69) is 10.6 Å². The molecule has 1 fully saturated rings. The van der Waals surface area contributed by atoms with Crippen molar-refractivity contribution in [3.05, 3.63) is 24.3 Å². The van der Waals surface area contributed by atoms with E-state index in [1.165, 1.54) is 0 Å². The summed E-state index contributed by atoms with van der Waals surface area (Å²) in [6, 6.07) is 6.54. The first-order valence-corrected chi connectivity index (χ1v) is 7.69. The number of nitrogens with one attached hydrogen (secondary N) is 2. The van der Waals surface area contributed by atoms with Crippen LogP contribution < -0.4 is 10.6 Å². The summed E-state index contributed by atoms with van der Waals surface area (Å²) in [5, 5.41) is 5.66. The summed E-state index contributed by atoms with van der Waals surface area (Å²) in [5.41, 5.74) is 0.409. The Labute approximate surface area is 126 Å². The summed E-state index contributed by atoms with van der Waals surface area (Å²) in [6.45, 7) is 1.53. The molecule has 1 unspecified atom stereocenters. The molecular formula is C14H18F2N2O2S. The summed E-state index contributed by atoms with van der Waals surface area (Å²) in [7, 11) is 0. The Morgan fingerprint density at radius 1 is 1.43 bits per heavy atom. The molecule has 2 N–H and O–H groups in total. The van der Waals surface area contributed by atoms with Gasteiger partial charge in [-0.3, -0.25) is 4.79 Å². The highest BCUT2D eigenvalue weighted by atomic mass is 32.2. The van der Waals surface area contributed by atoms with Crippen LogP contribution in [0.3, 0.4) is 0 Å². The second-order valence-electron chi connectivity index (χ2n) is 4.69. The second kappa shape index (κ2) is 8.31. The third kappa shape index (κ3) is 5.61. The fourth-order valence-electron chi connectivity index (χ4n) is 2.12. The first-order chi connectivity index (χ1) is 10.1. The third-order valence-electron chi connectivity index (χ3n) is 3.06. The summed E-state index contributed by atoms with van der Waals surface area (Å²) < 4.78 is 30.3. The number of carbonyl (C=O) groups excluding carboxylic acids is 1. The van der Waals surface area contributed by atoms with Gasteiger partial charge in [-0.1, -0.05) is 23.9 Å². The van der Waals surface area contributed by atoms with Crippen LogP contribution in [0.15, 0.2) is 29.2 Å². The summed E-state index contributed by atoms with van der Waals surface area (Å²) >= 11 is 0.423. The minimum absolute atomic E-state index is 0.132. The van der Waals surface area contributed by atoms with E-state index in [4.69, 9.17) is 4.74 Å². The van der Waals surface area contributed by atoms with Crippen molar-refractivity contribution in [2.24, 2.45) is 0 Å². The maximum absolute atomic E-state index is 12.4. The largest absolute Gasteiger partial charge is 0.377 e. The standard InChI is InChI=1S/C14H18F2N2O2S/c15-14(16)21-12-6-2-1-5-11(12)18-13(19)9-17-8-10-4-3-7-20-10/h1-2,5-6,10,14,17H,3-4,7-9H2,(H,18,19). The number of halogens is 2. The predicted octanol–water partition coefficient (Wildman–Crippen LogP) is 2.71. The first-order valence-electron chi connectivity index (χ1n) is 6.81. The van der Waals surface area contributed by atoms with Crippen molar-refractivity contribution in [1.82, 2.24) is 5.32 Å². The molecule has 0 spiro atoms. The number of benzene rings is 1. The highest BCUT2D eigenvalue weighted by Crippen LogP contribution is 2.31. The van der Waals surface area contributed by atoms with Gasteiger partial charge in [0.1, 0.15) is 0 Å². The number of carbonyl (C=O) groups is 1. The van der Waals surface area contributed by atoms with Crippen molar-refractivity contribution in [1.29, 1.82) is 0 Å². The molecule has 1 amide bonds. The summed E-state index contributed by atoms with van der Waals surface area (Å²) in [4.78, 5) is 12.2. The van der Waals surface area contributed by atoms with Crippen LogP contribution in [0.1, 0.15) is 12.8 Å². The van der Waals surface area contributed by atoms with Gasteiger partial charge in [0, 0.05) is 18.0 Å². The van der Waals surface area contributed by atoms with E-state index < -0.39 is 5.76 Å². The molecule has 0 aliphatic carbocycles. The predicted molar refractivity (Wildman–Crippen MR) is 78.8 cm³/mol. The molecule has 1 heterocycles. The molecule has 2 rings (SSSR count). The molecule has 116 valence electrons. The Bertz CT molecular complexity index is 468. The maximum Gasteiger partial charge on any atom is 0.288 e. The number of alkyl halides is 2. The van der Waals surface area contributed by atoms with Crippen LogP contribution in [0.2, 0.25) is 0 Å². The molecule has 1 saturated heterocycles. The molecule has 0 saturated carbocycles. The van der Waals surface area contributed by atoms with Gasteiger partial charge in [0.2, 0.25) is 5.91 Å². The number of ether oxygens (including phenoxy) is 1. The number of rotatable bonds is 7. The normalized spacial score (nSPS) is 18.1. The van der Waals surface area contributed by atoms with Crippen molar-refractivity contribution >= 4 is 23.4 Å². The fraction of sp³-hybridized carbons (Fsp3) is 0.500. The fourth-order valence-corrected chi connectivity index (χ4v) is 2.71. The quantitative estimate of drug-likeness (QED) is 0.760. The van der Waals surface area contributed by atoms with E-state index >= 15 is 0 Å². The lowest BCUT2D eigenvalue weighted by molar-refractivity contribution is -0.115. The molecule has 0 bridgehead atoms. The van der Waals surface area contributed by atoms with Gasteiger partial charge in [-0.15, -0.1) is 0 Å². The molecule has 4 nitrogen and oxygen atoms in total. The van der Waals surface area contributed by atoms with Gasteiger partial charge < -0.3 is 15.4 Å². The first kappa shape index (κ1) is 16.2. The average Bonchev–Trinajstić information content (AvgIpc) is 2.93. The van der Waals surface area contributed by atoms with Crippen LogP contribution in [0.4, 0.5) is 14.5 Å². The summed E-state index contributed by atoms with van der Waals surface area (Å²) in [6.07, 6.45) is 2.22. The molecule has 7 heteroatoms. The van der Waals surface area contributed by atoms with Crippen molar-refractivity contribution in [2.75, 3.05) is 25.0 Å². The van der Waals surface area contributed by atoms with E-state index in [0.717, 1.165) is 19.4 Å². The van der Waals surface area contributed by atoms with Gasteiger partial charge in [-0.05, 0) is 25.0 Å². The topological polar surface area (TPSA) is 50.4 Å². The van der Waals surface area contributed by atoms with Gasteiger partial charge >= 0.3 is 0 Å². The number of amides is 1. The van der Waals surface area contributed by atoms with Crippen LogP contribution in [0.25, 0.3) is 0 Å². The van der Waals surface area contributed by atoms with Crippen LogP contribution in [0.5, 0.6) is 0 Å². The number of hydrogen-bond acceptors (Lipinski definition) is 4. The Morgan fingerprint density at radius 3 is 2.95 bits per heavy atom. The lowest BCUT2D eigenvalue weighted by Crippen LogP contribution is -2.33. The minimum Gasteiger partial charge on any atom is -0.377 e. The van der Waals surface area contributed by atoms with E-state index in [1.54, 1.807) is 24.3 Å². The lowest BCUT2D eigenvalue weighted by atomic mass is 10.2. The Morgan fingerprint density at radius 2 is 2.24 bits per heavy atom. The maximum atomic E-state index is 12.4. The van der Waals surface area contributed by atoms with Gasteiger partial charge in [-0.2, -0.15) is 8.78 Å². The number of thioether (sulfide) groups is 1. The SMILES string of the molecule is O=C(CNCC1CCCO1)Nc1ccccc1SC(F)F. The second-order valence-corrected chi connectivity index (χ2v) is 5.72. The number of hydrogen-bond donors (Lipinski definition) is 2. The van der Waals surface area contributed by atoms with Crippen LogP contribution in [-0.2, 0) is 9.53 Å². The number of anilines is 1. The monoisotopic (exact) mass is 316 g/mol. The molecular weight excluding hydrogens is 298 g/mol. The molecule has 1 aliphatic heterocycles. The zero-order valence-corrected chi connectivity index (χ0v) is 12.3. The zero-order chi connectivity index (χ0) is 15.1. The van der Waals surface area contributed by atoms with Gasteiger partial charge in [-0.25, -0.2) is 0 Å². The van der Waals surface area contributed by atoms with Crippen molar-refractivity contribution in [3.8, 4) is 0 Å². The van der Waals surface area contributed by atoms with Crippen LogP contribution in [0, 0.1) is 0 Å². The highest BCUT2D eigenvalue weighted by Gasteiger charge is 2.15. The van der Waals surface area contributed by atoms with Crippen LogP contribution >= 0.6 is 11.8 Å². The molecule has 0 radical (unpaired) electrons. The summed E-state index contributed by atoms with van der Waals surface area (Å²) in [5.74, 6) is -2.77. The van der Waals surface area contributed by atoms with E-state index in [0.29, 0.717) is 28.9 Å². The number of para-hydroxylation sites is 1. The highest BCUT2D eigenvalue weighted by molar-refractivity contribution is 7.99. The van der Waals surface area contributed by atoms with Crippen molar-refractivity contribution < 1.29 is 18.3 Å². The Kier molecular flexibility index (Phi) is 6.41. The van der Waals surface area contributed by atoms with Gasteiger partial charge in [0.05, 0.1) is 18.3 Å². The lowest BCUT2D eigenvalue weighted by Gasteiger charge is -2.12. The van der Waals surface area contributed by atoms with Gasteiger partial charge in [0.15, 0.2) is 0 Å². The third-order valence-corrected chi connectivity index (χ3v) is 3.85. The zero-order valence-electron chi connectivity index (χ0n) is 11.5. The smallest absolute Gasteiger partial charge is 0.288 e. The molecule has 0 aromatic heterocycles. The molecule has 1 atom stereocenters. The van der Waals surface area contributed by atoms with Crippen molar-refractivity contribution in [2.45, 2.75) is 29.6 Å². The van der Waals surface area contributed by atoms with E-state index in [9.17, 15) is 13.6 Å². The van der Waals surface area contributed by atoms with E-state index in [1.807, 2.05) is 0 Å². The van der Waals surface area contributed by atoms with Crippen molar-refractivity contribution in [3.63, 3.8) is 0 Å². The van der Waals surface area contributed by atoms with Crippen LogP contribution in [-0.4, -0.2) is 37.5 Å². The van der Waals surface area contributed by atoms with E-state index in [-0.39, 0.29) is 18.6 Å². The minimum atomic E-state index is -2.51. The average molecular weight is 316 g/mol. The Balaban J connectivity index is 1.78. The van der Waals surface area contributed by atoms with Gasteiger partial charge in [0.25, 0.3) is 5.76 Å². The Hall–Kier alpha value is -1.18. The molecule has 1 aromatic carbocycles. The molecule has 21 heavy (non-hydrogen) atoms. The molecule has 1 aromatic rings.